The van der Waals surface area contributed by atoms with E-state index < -0.39 is 11.7 Å². The van der Waals surface area contributed by atoms with E-state index in [4.69, 9.17) is 4.74 Å². The number of anilines is 1. The summed E-state index contributed by atoms with van der Waals surface area (Å²) in [6.45, 7) is 2.09. The van der Waals surface area contributed by atoms with Crippen molar-refractivity contribution in [3.05, 3.63) is 23.9 Å². The monoisotopic (exact) mass is 443 g/mol. The minimum atomic E-state index is -4.46. The number of pyridine rings is 1. The highest BCUT2D eigenvalue weighted by molar-refractivity contribution is 7.99. The molecular weight excluding hydrogens is 415 g/mol. The Kier molecular flexibility index (Phi) is 6.77. The number of alkyl halides is 3. The number of hydrogen-bond donors (Lipinski definition) is 0. The predicted octanol–water partition coefficient (Wildman–Crippen LogP) is 3.83. The maximum absolute atomic E-state index is 13.5. The van der Waals surface area contributed by atoms with Crippen LogP contribution in [0.25, 0.3) is 0 Å². The van der Waals surface area contributed by atoms with Crippen LogP contribution in [0.2, 0.25) is 0 Å². The Morgan fingerprint density at radius 3 is 2.87 bits per heavy atom. The van der Waals surface area contributed by atoms with Crippen molar-refractivity contribution in [3.8, 4) is 0 Å². The molecule has 9 heteroatoms. The standard InChI is InChI=1S/C21H28F3N3O2S/c22-21(23,24)18-6-1-8-25-19(18)26-9-2-4-15(12-26)20(28)27(16-7-11-30-14-16)13-17-5-3-10-29-17/h1,6,8,15-17H,2-5,7,9-14H2. The maximum atomic E-state index is 13.5. The number of amides is 1. The molecule has 166 valence electrons. The topological polar surface area (TPSA) is 45.7 Å². The number of ether oxygens (including phenoxy) is 1. The van der Waals surface area contributed by atoms with Crippen LogP contribution < -0.4 is 4.90 Å². The number of rotatable bonds is 5. The first-order valence-electron chi connectivity index (χ1n) is 10.7. The molecule has 3 fully saturated rings. The van der Waals surface area contributed by atoms with E-state index in [1.54, 1.807) is 4.90 Å². The molecule has 3 aliphatic rings. The number of aromatic nitrogens is 1. The maximum Gasteiger partial charge on any atom is 0.419 e. The summed E-state index contributed by atoms with van der Waals surface area (Å²) in [6, 6.07) is 2.57. The van der Waals surface area contributed by atoms with Crippen molar-refractivity contribution in [1.82, 2.24) is 9.88 Å². The van der Waals surface area contributed by atoms with Crippen molar-refractivity contribution in [2.45, 2.75) is 50.4 Å². The van der Waals surface area contributed by atoms with Crippen LogP contribution in [-0.2, 0) is 15.7 Å². The summed E-state index contributed by atoms with van der Waals surface area (Å²) in [5, 5.41) is 0. The van der Waals surface area contributed by atoms with Crippen molar-refractivity contribution in [3.63, 3.8) is 0 Å². The first kappa shape index (κ1) is 21.7. The van der Waals surface area contributed by atoms with Crippen molar-refractivity contribution in [1.29, 1.82) is 0 Å². The van der Waals surface area contributed by atoms with Crippen LogP contribution in [0.15, 0.2) is 18.3 Å². The van der Waals surface area contributed by atoms with Gasteiger partial charge in [-0.15, -0.1) is 0 Å². The molecule has 30 heavy (non-hydrogen) atoms. The molecule has 0 aromatic carbocycles. The Labute approximate surface area is 179 Å². The van der Waals surface area contributed by atoms with E-state index in [-0.39, 0.29) is 36.3 Å². The van der Waals surface area contributed by atoms with E-state index in [0.29, 0.717) is 25.9 Å². The van der Waals surface area contributed by atoms with Gasteiger partial charge in [-0.3, -0.25) is 4.79 Å². The fourth-order valence-corrected chi connectivity index (χ4v) is 5.89. The van der Waals surface area contributed by atoms with Crippen LogP contribution in [0, 0.1) is 5.92 Å². The van der Waals surface area contributed by atoms with Crippen LogP contribution >= 0.6 is 11.8 Å². The van der Waals surface area contributed by atoms with Crippen molar-refractivity contribution < 1.29 is 22.7 Å². The van der Waals surface area contributed by atoms with E-state index in [2.05, 4.69) is 4.98 Å². The second kappa shape index (κ2) is 9.34. The molecule has 3 saturated heterocycles. The first-order valence-corrected chi connectivity index (χ1v) is 11.9. The van der Waals surface area contributed by atoms with Crippen molar-refractivity contribution in [2.75, 3.05) is 42.6 Å². The Balaban J connectivity index is 1.50. The smallest absolute Gasteiger partial charge is 0.376 e. The van der Waals surface area contributed by atoms with Gasteiger partial charge in [0.05, 0.1) is 17.6 Å². The van der Waals surface area contributed by atoms with Gasteiger partial charge >= 0.3 is 6.18 Å². The summed E-state index contributed by atoms with van der Waals surface area (Å²) in [5.74, 6) is 1.65. The molecule has 1 amide bonds. The number of piperidine rings is 1. The fourth-order valence-electron chi connectivity index (χ4n) is 4.67. The third-order valence-electron chi connectivity index (χ3n) is 6.22. The second-order valence-corrected chi connectivity index (χ2v) is 9.45. The summed E-state index contributed by atoms with van der Waals surface area (Å²) in [5.41, 5.74) is -0.735. The number of hydrogen-bond acceptors (Lipinski definition) is 5. The number of nitrogens with zero attached hydrogens (tertiary/aromatic N) is 3. The highest BCUT2D eigenvalue weighted by Crippen LogP contribution is 2.37. The lowest BCUT2D eigenvalue weighted by atomic mass is 9.95. The number of carbonyl (C=O) groups is 1. The lowest BCUT2D eigenvalue weighted by Gasteiger charge is -2.38. The van der Waals surface area contributed by atoms with Crippen LogP contribution in [0.5, 0.6) is 0 Å². The van der Waals surface area contributed by atoms with Crippen molar-refractivity contribution in [2.24, 2.45) is 5.92 Å². The van der Waals surface area contributed by atoms with Gasteiger partial charge in [-0.05, 0) is 50.0 Å². The lowest BCUT2D eigenvalue weighted by Crippen LogP contribution is -2.51. The number of carbonyl (C=O) groups excluding carboxylic acids is 1. The quantitative estimate of drug-likeness (QED) is 0.692. The minimum absolute atomic E-state index is 0.0622. The third kappa shape index (κ3) is 4.88. The molecule has 1 aromatic heterocycles. The number of halogens is 3. The molecule has 0 radical (unpaired) electrons. The predicted molar refractivity (Wildman–Crippen MR) is 111 cm³/mol. The molecule has 0 N–H and O–H groups in total. The molecule has 0 aliphatic carbocycles. The number of thioether (sulfide) groups is 1. The third-order valence-corrected chi connectivity index (χ3v) is 7.36. The summed E-state index contributed by atoms with van der Waals surface area (Å²) in [7, 11) is 0. The average molecular weight is 444 g/mol. The highest BCUT2D eigenvalue weighted by Gasteiger charge is 2.39. The van der Waals surface area contributed by atoms with Gasteiger partial charge in [0.1, 0.15) is 5.82 Å². The largest absolute Gasteiger partial charge is 0.419 e. The van der Waals surface area contributed by atoms with Gasteiger partial charge in [0.25, 0.3) is 0 Å². The van der Waals surface area contributed by atoms with Gasteiger partial charge in [-0.1, -0.05) is 0 Å². The van der Waals surface area contributed by atoms with Crippen molar-refractivity contribution >= 4 is 23.5 Å². The Morgan fingerprint density at radius 1 is 1.30 bits per heavy atom. The zero-order valence-electron chi connectivity index (χ0n) is 16.9. The Morgan fingerprint density at radius 2 is 2.17 bits per heavy atom. The van der Waals surface area contributed by atoms with Gasteiger partial charge in [-0.2, -0.15) is 24.9 Å². The van der Waals surface area contributed by atoms with Gasteiger partial charge in [0, 0.05) is 44.2 Å². The minimum Gasteiger partial charge on any atom is -0.376 e. The zero-order chi connectivity index (χ0) is 21.1. The van der Waals surface area contributed by atoms with E-state index in [1.165, 1.54) is 12.3 Å². The SMILES string of the molecule is O=C(C1CCCN(c2ncccc2C(F)(F)F)C1)N(CC1CCCO1)C1CCSC1. The van der Waals surface area contributed by atoms with E-state index in [0.717, 1.165) is 43.4 Å². The molecule has 3 aliphatic heterocycles. The first-order chi connectivity index (χ1) is 14.4. The molecular formula is C21H28F3N3O2S. The molecule has 5 nitrogen and oxygen atoms in total. The van der Waals surface area contributed by atoms with Gasteiger partial charge < -0.3 is 14.5 Å². The Bertz CT molecular complexity index is 736. The molecule has 4 rings (SSSR count). The van der Waals surface area contributed by atoms with E-state index >= 15 is 0 Å². The molecule has 3 unspecified atom stereocenters. The highest BCUT2D eigenvalue weighted by atomic mass is 32.2. The lowest BCUT2D eigenvalue weighted by molar-refractivity contribution is -0.139. The summed E-state index contributed by atoms with van der Waals surface area (Å²) < 4.78 is 46.2. The molecule has 0 bridgehead atoms. The molecule has 0 spiro atoms. The van der Waals surface area contributed by atoms with Gasteiger partial charge in [-0.25, -0.2) is 4.98 Å². The summed E-state index contributed by atoms with van der Waals surface area (Å²) >= 11 is 1.85. The zero-order valence-corrected chi connectivity index (χ0v) is 17.8. The van der Waals surface area contributed by atoms with Crippen LogP contribution in [0.4, 0.5) is 19.0 Å². The van der Waals surface area contributed by atoms with E-state index in [1.807, 2.05) is 16.7 Å². The van der Waals surface area contributed by atoms with Gasteiger partial charge in [0.15, 0.2) is 0 Å². The van der Waals surface area contributed by atoms with Crippen LogP contribution in [-0.4, -0.2) is 65.7 Å². The Hall–Kier alpha value is -1.48. The van der Waals surface area contributed by atoms with E-state index in [9.17, 15) is 18.0 Å². The fraction of sp³-hybridized carbons (Fsp3) is 0.714. The average Bonchev–Trinajstić information content (AvgIpc) is 3.45. The van der Waals surface area contributed by atoms with Gasteiger partial charge in [0.2, 0.25) is 5.91 Å². The molecule has 0 saturated carbocycles. The molecule has 3 atom stereocenters. The molecule has 4 heterocycles. The normalized spacial score (nSPS) is 27.4. The second-order valence-electron chi connectivity index (χ2n) is 8.30. The van der Waals surface area contributed by atoms with Crippen LogP contribution in [0.3, 0.4) is 0 Å². The summed E-state index contributed by atoms with van der Waals surface area (Å²) in [4.78, 5) is 21.2. The molecule has 1 aromatic rings. The summed E-state index contributed by atoms with van der Waals surface area (Å²) in [6.07, 6.45) is 1.32. The van der Waals surface area contributed by atoms with Crippen LogP contribution in [0.1, 0.15) is 37.7 Å².